The van der Waals surface area contributed by atoms with Crippen LogP contribution < -0.4 is 0 Å². The number of rotatable bonds is 4. The number of benzene rings is 1. The minimum absolute atomic E-state index is 0.113. The summed E-state index contributed by atoms with van der Waals surface area (Å²) in [7, 11) is 0. The van der Waals surface area contributed by atoms with Crippen molar-refractivity contribution < 1.29 is 9.90 Å². The van der Waals surface area contributed by atoms with Crippen molar-refractivity contribution in [3.8, 4) is 11.8 Å². The summed E-state index contributed by atoms with van der Waals surface area (Å²) in [6, 6.07) is 7.59. The Hall–Kier alpha value is -3.14. The van der Waals surface area contributed by atoms with Crippen LogP contribution in [0.3, 0.4) is 0 Å². The summed E-state index contributed by atoms with van der Waals surface area (Å²) in [5, 5.41) is 27.3. The number of carboxylic acids is 1. The zero-order valence-corrected chi connectivity index (χ0v) is 11.9. The minimum atomic E-state index is -1.03. The first kappa shape index (κ1) is 13.8. The Morgan fingerprint density at radius 1 is 1.45 bits per heavy atom. The van der Waals surface area contributed by atoms with Crippen molar-refractivity contribution in [2.24, 2.45) is 0 Å². The molecule has 110 valence electrons. The maximum Gasteiger partial charge on any atom is 0.338 e. The molecule has 0 spiro atoms. The van der Waals surface area contributed by atoms with Crippen LogP contribution in [0.25, 0.3) is 16.6 Å². The fraction of sp³-hybridized carbons (Fsp3) is 0.200. The maximum absolute atomic E-state index is 10.9. The van der Waals surface area contributed by atoms with Crippen LogP contribution in [0.15, 0.2) is 30.6 Å². The lowest BCUT2D eigenvalue weighted by Crippen LogP contribution is -1.99. The molecule has 2 heterocycles. The molecular formula is C15H13N5O2. The van der Waals surface area contributed by atoms with Gasteiger partial charge in [0.2, 0.25) is 0 Å². The van der Waals surface area contributed by atoms with Gasteiger partial charge in [0, 0.05) is 18.1 Å². The summed E-state index contributed by atoms with van der Waals surface area (Å²) < 4.78 is 3.28. The van der Waals surface area contributed by atoms with Gasteiger partial charge in [-0.3, -0.25) is 4.68 Å². The highest BCUT2D eigenvalue weighted by Crippen LogP contribution is 2.22. The monoisotopic (exact) mass is 295 g/mol. The van der Waals surface area contributed by atoms with Gasteiger partial charge in [0.1, 0.15) is 6.07 Å². The first-order valence-electron chi connectivity index (χ1n) is 6.83. The molecule has 2 aromatic heterocycles. The van der Waals surface area contributed by atoms with Crippen LogP contribution in [0.1, 0.15) is 29.4 Å². The van der Waals surface area contributed by atoms with Crippen molar-refractivity contribution in [3.63, 3.8) is 0 Å². The normalized spacial score (nSPS) is 10.7. The molecule has 7 heteroatoms. The Labute approximate surface area is 126 Å². The molecule has 0 aliphatic heterocycles. The van der Waals surface area contributed by atoms with Crippen molar-refractivity contribution in [1.82, 2.24) is 19.6 Å². The molecule has 1 aromatic carbocycles. The fourth-order valence-electron chi connectivity index (χ4n) is 2.35. The van der Waals surface area contributed by atoms with E-state index in [0.717, 1.165) is 23.9 Å². The number of hydrogen-bond acceptors (Lipinski definition) is 4. The molecule has 1 N–H and O–H groups in total. The van der Waals surface area contributed by atoms with E-state index in [0.29, 0.717) is 11.4 Å². The lowest BCUT2D eigenvalue weighted by molar-refractivity contribution is 0.0697. The van der Waals surface area contributed by atoms with Crippen LogP contribution in [0, 0.1) is 11.3 Å². The van der Waals surface area contributed by atoms with Gasteiger partial charge in [-0.1, -0.05) is 6.92 Å². The standard InChI is InChI=1S/C15H13N5O2/c1-2-5-19-14-4-3-11(6-12(14)13(7-16)18-19)20-9-10(8-17-20)15(21)22/h3-4,6,8-9H,2,5H2,1H3,(H,21,22). The molecule has 0 saturated carbocycles. The molecule has 22 heavy (non-hydrogen) atoms. The first-order chi connectivity index (χ1) is 10.6. The average molecular weight is 295 g/mol. The van der Waals surface area contributed by atoms with Crippen molar-refractivity contribution >= 4 is 16.9 Å². The van der Waals surface area contributed by atoms with Crippen molar-refractivity contribution in [1.29, 1.82) is 5.26 Å². The molecule has 0 radical (unpaired) electrons. The minimum Gasteiger partial charge on any atom is -0.478 e. The molecule has 0 aliphatic carbocycles. The highest BCUT2D eigenvalue weighted by molar-refractivity contribution is 5.88. The Kier molecular flexibility index (Phi) is 3.35. The van der Waals surface area contributed by atoms with E-state index in [-0.39, 0.29) is 5.56 Å². The number of aromatic carboxylic acids is 1. The predicted molar refractivity (Wildman–Crippen MR) is 78.8 cm³/mol. The Balaban J connectivity index is 2.12. The van der Waals surface area contributed by atoms with Gasteiger partial charge in [-0.25, -0.2) is 9.48 Å². The molecule has 3 rings (SSSR count). The van der Waals surface area contributed by atoms with Crippen LogP contribution in [0.2, 0.25) is 0 Å². The molecule has 0 bridgehead atoms. The van der Waals surface area contributed by atoms with Gasteiger partial charge in [-0.05, 0) is 24.6 Å². The SMILES string of the molecule is CCCn1nc(C#N)c2cc(-n3cc(C(=O)O)cn3)ccc21. The molecule has 0 unspecified atom stereocenters. The number of carboxylic acid groups (broad SMARTS) is 1. The summed E-state index contributed by atoms with van der Waals surface area (Å²) in [5.41, 5.74) is 2.04. The third-order valence-electron chi connectivity index (χ3n) is 3.37. The van der Waals surface area contributed by atoms with E-state index in [1.807, 2.05) is 23.7 Å². The quantitative estimate of drug-likeness (QED) is 0.795. The highest BCUT2D eigenvalue weighted by Gasteiger charge is 2.12. The van der Waals surface area contributed by atoms with Crippen molar-refractivity contribution in [3.05, 3.63) is 41.9 Å². The molecule has 0 aliphatic rings. The van der Waals surface area contributed by atoms with E-state index >= 15 is 0 Å². The molecule has 0 saturated heterocycles. The zero-order valence-electron chi connectivity index (χ0n) is 11.9. The van der Waals surface area contributed by atoms with E-state index in [9.17, 15) is 10.1 Å². The summed E-state index contributed by atoms with van der Waals surface area (Å²) in [4.78, 5) is 10.9. The van der Waals surface area contributed by atoms with Gasteiger partial charge in [0.15, 0.2) is 5.69 Å². The van der Waals surface area contributed by atoms with E-state index in [4.69, 9.17) is 5.11 Å². The molecule has 7 nitrogen and oxygen atoms in total. The fourth-order valence-corrected chi connectivity index (χ4v) is 2.35. The first-order valence-corrected chi connectivity index (χ1v) is 6.83. The average Bonchev–Trinajstić information content (AvgIpc) is 3.12. The maximum atomic E-state index is 10.9. The van der Waals surface area contributed by atoms with Gasteiger partial charge >= 0.3 is 5.97 Å². The molecule has 0 atom stereocenters. The third kappa shape index (κ3) is 2.20. The second-order valence-corrected chi connectivity index (χ2v) is 4.86. The summed E-state index contributed by atoms with van der Waals surface area (Å²) >= 11 is 0. The van der Waals surface area contributed by atoms with Crippen LogP contribution >= 0.6 is 0 Å². The molecule has 0 amide bonds. The third-order valence-corrected chi connectivity index (χ3v) is 3.37. The number of aromatic nitrogens is 4. The van der Waals surface area contributed by atoms with E-state index in [1.165, 1.54) is 17.1 Å². The van der Waals surface area contributed by atoms with E-state index < -0.39 is 5.97 Å². The molecule has 0 fully saturated rings. The van der Waals surface area contributed by atoms with Gasteiger partial charge in [0.25, 0.3) is 0 Å². The molecular weight excluding hydrogens is 282 g/mol. The highest BCUT2D eigenvalue weighted by atomic mass is 16.4. The van der Waals surface area contributed by atoms with Crippen LogP contribution in [0.4, 0.5) is 0 Å². The second-order valence-electron chi connectivity index (χ2n) is 4.86. The summed E-state index contributed by atoms with van der Waals surface area (Å²) in [6.45, 7) is 2.79. The predicted octanol–water partition coefficient (Wildman–Crippen LogP) is 2.20. The Morgan fingerprint density at radius 3 is 2.91 bits per heavy atom. The smallest absolute Gasteiger partial charge is 0.338 e. The number of nitrogens with zero attached hydrogens (tertiary/aromatic N) is 5. The number of fused-ring (bicyclic) bond motifs is 1. The number of hydrogen-bond donors (Lipinski definition) is 1. The van der Waals surface area contributed by atoms with Crippen molar-refractivity contribution in [2.75, 3.05) is 0 Å². The zero-order chi connectivity index (χ0) is 15.7. The Bertz CT molecular complexity index is 900. The van der Waals surface area contributed by atoms with Gasteiger partial charge in [-0.15, -0.1) is 0 Å². The topological polar surface area (TPSA) is 96.7 Å². The summed E-state index contributed by atoms with van der Waals surface area (Å²) in [6.07, 6.45) is 3.65. The van der Waals surface area contributed by atoms with E-state index in [1.54, 1.807) is 6.07 Å². The van der Waals surface area contributed by atoms with Crippen molar-refractivity contribution in [2.45, 2.75) is 19.9 Å². The van der Waals surface area contributed by atoms with Gasteiger partial charge in [0.05, 0.1) is 23.0 Å². The largest absolute Gasteiger partial charge is 0.478 e. The number of nitriles is 1. The van der Waals surface area contributed by atoms with Gasteiger partial charge < -0.3 is 5.11 Å². The van der Waals surface area contributed by atoms with Crippen LogP contribution in [-0.4, -0.2) is 30.6 Å². The van der Waals surface area contributed by atoms with E-state index in [2.05, 4.69) is 16.3 Å². The lowest BCUT2D eigenvalue weighted by atomic mass is 10.2. The molecule has 3 aromatic rings. The van der Waals surface area contributed by atoms with Crippen LogP contribution in [-0.2, 0) is 6.54 Å². The van der Waals surface area contributed by atoms with Crippen LogP contribution in [0.5, 0.6) is 0 Å². The van der Waals surface area contributed by atoms with Gasteiger partial charge in [-0.2, -0.15) is 15.5 Å². The summed E-state index contributed by atoms with van der Waals surface area (Å²) in [5.74, 6) is -1.03. The lowest BCUT2D eigenvalue weighted by Gasteiger charge is -2.03. The number of carbonyl (C=O) groups is 1. The second kappa shape index (κ2) is 5.33. The number of aryl methyl sites for hydroxylation is 1. The Morgan fingerprint density at radius 2 is 2.27 bits per heavy atom.